The van der Waals surface area contributed by atoms with E-state index in [1.54, 1.807) is 13.0 Å². The zero-order chi connectivity index (χ0) is 14.8. The Morgan fingerprint density at radius 3 is 2.60 bits per heavy atom. The van der Waals surface area contributed by atoms with Crippen LogP contribution in [-0.4, -0.2) is 29.9 Å². The largest absolute Gasteiger partial charge is 0.465 e. The summed E-state index contributed by atoms with van der Waals surface area (Å²) >= 11 is 0. The Hall–Kier alpha value is -2.10. The molecule has 0 unspecified atom stereocenters. The quantitative estimate of drug-likeness (QED) is 0.541. The van der Waals surface area contributed by atoms with Gasteiger partial charge in [0.1, 0.15) is 6.54 Å². The van der Waals surface area contributed by atoms with Crippen molar-refractivity contribution in [2.45, 2.75) is 26.3 Å². The van der Waals surface area contributed by atoms with Crippen molar-refractivity contribution in [1.29, 1.82) is 0 Å². The lowest BCUT2D eigenvalue weighted by Crippen LogP contribution is -2.35. The van der Waals surface area contributed by atoms with E-state index in [1.165, 1.54) is 4.90 Å². The first-order valence-corrected chi connectivity index (χ1v) is 6.75. The van der Waals surface area contributed by atoms with E-state index in [-0.39, 0.29) is 18.4 Å². The molecule has 0 aliphatic rings. The smallest absolute Gasteiger partial charge is 0.325 e. The van der Waals surface area contributed by atoms with E-state index in [1.807, 2.05) is 30.3 Å². The van der Waals surface area contributed by atoms with Crippen LogP contribution in [0.1, 0.15) is 25.3 Å². The zero-order valence-electron chi connectivity index (χ0n) is 11.9. The van der Waals surface area contributed by atoms with Crippen molar-refractivity contribution in [3.8, 4) is 0 Å². The predicted molar refractivity (Wildman–Crippen MR) is 77.9 cm³/mol. The van der Waals surface area contributed by atoms with E-state index in [2.05, 4.69) is 6.58 Å². The van der Waals surface area contributed by atoms with E-state index < -0.39 is 0 Å². The average molecular weight is 275 g/mol. The van der Waals surface area contributed by atoms with Crippen molar-refractivity contribution >= 4 is 11.9 Å². The summed E-state index contributed by atoms with van der Waals surface area (Å²) in [5.74, 6) is -0.447. The molecule has 1 amide bonds. The van der Waals surface area contributed by atoms with Crippen molar-refractivity contribution in [1.82, 2.24) is 4.90 Å². The summed E-state index contributed by atoms with van der Waals surface area (Å²) in [5, 5.41) is 0. The second-order valence-electron chi connectivity index (χ2n) is 4.37. The first-order chi connectivity index (χ1) is 9.67. The normalized spacial score (nSPS) is 9.85. The molecule has 0 aliphatic carbocycles. The highest BCUT2D eigenvalue weighted by Gasteiger charge is 2.17. The molecule has 0 radical (unpaired) electrons. The molecule has 108 valence electrons. The minimum Gasteiger partial charge on any atom is -0.465 e. The number of hydrogen-bond donors (Lipinski definition) is 0. The Bertz CT molecular complexity index is 442. The molecule has 0 saturated carbocycles. The van der Waals surface area contributed by atoms with Crippen LogP contribution in [0.3, 0.4) is 0 Å². The van der Waals surface area contributed by atoms with Crippen LogP contribution < -0.4 is 0 Å². The van der Waals surface area contributed by atoms with Crippen LogP contribution >= 0.6 is 0 Å². The molecule has 0 atom stereocenters. The average Bonchev–Trinajstić information content (AvgIpc) is 2.45. The Balaban J connectivity index is 2.70. The predicted octanol–water partition coefficient (Wildman–Crippen LogP) is 2.54. The van der Waals surface area contributed by atoms with Gasteiger partial charge >= 0.3 is 5.97 Å². The highest BCUT2D eigenvalue weighted by atomic mass is 16.5. The fourth-order valence-electron chi connectivity index (χ4n) is 1.78. The summed E-state index contributed by atoms with van der Waals surface area (Å²) in [4.78, 5) is 25.2. The number of amides is 1. The summed E-state index contributed by atoms with van der Waals surface area (Å²) in [6, 6.07) is 9.59. The monoisotopic (exact) mass is 275 g/mol. The molecule has 4 heteroatoms. The van der Waals surface area contributed by atoms with E-state index in [9.17, 15) is 9.59 Å². The number of ether oxygens (including phenoxy) is 1. The third-order valence-electron chi connectivity index (χ3n) is 2.76. The Morgan fingerprint density at radius 2 is 2.00 bits per heavy atom. The van der Waals surface area contributed by atoms with Crippen LogP contribution in [0.15, 0.2) is 43.0 Å². The second kappa shape index (κ2) is 8.91. The van der Waals surface area contributed by atoms with Crippen LogP contribution in [0.2, 0.25) is 0 Å². The van der Waals surface area contributed by atoms with Gasteiger partial charge in [0.05, 0.1) is 6.61 Å². The van der Waals surface area contributed by atoms with E-state index >= 15 is 0 Å². The number of esters is 1. The van der Waals surface area contributed by atoms with Gasteiger partial charge < -0.3 is 9.64 Å². The van der Waals surface area contributed by atoms with Crippen LogP contribution in [0.25, 0.3) is 0 Å². The van der Waals surface area contributed by atoms with Gasteiger partial charge in [0.25, 0.3) is 0 Å². The molecular weight excluding hydrogens is 254 g/mol. The maximum Gasteiger partial charge on any atom is 0.325 e. The molecule has 0 bridgehead atoms. The molecule has 0 fully saturated rings. The van der Waals surface area contributed by atoms with E-state index in [0.29, 0.717) is 26.0 Å². The Morgan fingerprint density at radius 1 is 1.30 bits per heavy atom. The highest BCUT2D eigenvalue weighted by molar-refractivity contribution is 5.82. The van der Waals surface area contributed by atoms with Crippen LogP contribution in [0.5, 0.6) is 0 Å². The molecule has 1 aromatic carbocycles. The number of rotatable bonds is 8. The fourth-order valence-corrected chi connectivity index (χ4v) is 1.78. The minimum atomic E-state index is -0.379. The zero-order valence-corrected chi connectivity index (χ0v) is 11.9. The van der Waals surface area contributed by atoms with Gasteiger partial charge in [-0.1, -0.05) is 36.4 Å². The Kier molecular flexibility index (Phi) is 7.11. The molecular formula is C16H21NO3. The molecule has 0 aliphatic heterocycles. The molecule has 4 nitrogen and oxygen atoms in total. The minimum absolute atomic E-state index is 0.0152. The lowest BCUT2D eigenvalue weighted by molar-refractivity contribution is -0.149. The number of benzene rings is 1. The lowest BCUT2D eigenvalue weighted by Gasteiger charge is -2.21. The third-order valence-corrected chi connectivity index (χ3v) is 2.76. The molecule has 1 aromatic rings. The number of carbonyl (C=O) groups is 2. The van der Waals surface area contributed by atoms with E-state index in [0.717, 1.165) is 5.56 Å². The van der Waals surface area contributed by atoms with Gasteiger partial charge in [-0.2, -0.15) is 0 Å². The molecule has 0 heterocycles. The summed E-state index contributed by atoms with van der Waals surface area (Å²) in [7, 11) is 0. The standard InChI is InChI=1S/C16H21NO3/c1-3-5-11-15(18)17(13-16(19)20-4-2)12-14-9-7-6-8-10-14/h3,6-10H,1,4-5,11-13H2,2H3. The van der Waals surface area contributed by atoms with Gasteiger partial charge in [-0.25, -0.2) is 0 Å². The van der Waals surface area contributed by atoms with Crippen molar-refractivity contribution in [2.24, 2.45) is 0 Å². The maximum atomic E-state index is 12.1. The van der Waals surface area contributed by atoms with Crippen molar-refractivity contribution in [2.75, 3.05) is 13.2 Å². The van der Waals surface area contributed by atoms with Gasteiger partial charge in [0.15, 0.2) is 0 Å². The molecule has 0 aromatic heterocycles. The van der Waals surface area contributed by atoms with Crippen LogP contribution in [0, 0.1) is 0 Å². The van der Waals surface area contributed by atoms with Crippen molar-refractivity contribution in [3.05, 3.63) is 48.6 Å². The summed E-state index contributed by atoms with van der Waals surface area (Å²) in [6.45, 7) is 6.07. The maximum absolute atomic E-state index is 12.1. The number of hydrogen-bond acceptors (Lipinski definition) is 3. The number of nitrogens with zero attached hydrogens (tertiary/aromatic N) is 1. The van der Waals surface area contributed by atoms with Crippen molar-refractivity contribution in [3.63, 3.8) is 0 Å². The third kappa shape index (κ3) is 5.69. The van der Waals surface area contributed by atoms with Gasteiger partial charge in [-0.15, -0.1) is 6.58 Å². The molecule has 0 spiro atoms. The molecule has 20 heavy (non-hydrogen) atoms. The summed E-state index contributed by atoms with van der Waals surface area (Å²) in [5.41, 5.74) is 0.990. The number of carbonyl (C=O) groups excluding carboxylic acids is 2. The second-order valence-corrected chi connectivity index (χ2v) is 4.37. The SMILES string of the molecule is C=CCCC(=O)N(CC(=O)OCC)Cc1ccccc1. The van der Waals surface area contributed by atoms with Crippen LogP contribution in [0.4, 0.5) is 0 Å². The highest BCUT2D eigenvalue weighted by Crippen LogP contribution is 2.07. The van der Waals surface area contributed by atoms with Gasteiger partial charge in [0, 0.05) is 13.0 Å². The first kappa shape index (κ1) is 16.0. The van der Waals surface area contributed by atoms with Gasteiger partial charge in [0.2, 0.25) is 5.91 Å². The Labute approximate surface area is 120 Å². The van der Waals surface area contributed by atoms with Crippen molar-refractivity contribution < 1.29 is 14.3 Å². The first-order valence-electron chi connectivity index (χ1n) is 6.75. The van der Waals surface area contributed by atoms with Gasteiger partial charge in [-0.3, -0.25) is 9.59 Å². The van der Waals surface area contributed by atoms with E-state index in [4.69, 9.17) is 4.74 Å². The summed E-state index contributed by atoms with van der Waals surface area (Å²) < 4.78 is 4.91. The summed E-state index contributed by atoms with van der Waals surface area (Å²) in [6.07, 6.45) is 2.66. The molecule has 0 N–H and O–H groups in total. The molecule has 1 rings (SSSR count). The van der Waals surface area contributed by atoms with Crippen LogP contribution in [-0.2, 0) is 20.9 Å². The van der Waals surface area contributed by atoms with Gasteiger partial charge in [-0.05, 0) is 18.9 Å². The topological polar surface area (TPSA) is 46.6 Å². The lowest BCUT2D eigenvalue weighted by atomic mass is 10.2. The molecule has 0 saturated heterocycles. The fraction of sp³-hybridized carbons (Fsp3) is 0.375. The number of allylic oxidation sites excluding steroid dienone is 1.